The lowest BCUT2D eigenvalue weighted by atomic mass is 10.3. The zero-order valence-electron chi connectivity index (χ0n) is 9.84. The number of aromatic hydroxyl groups is 1. The third-order valence-corrected chi connectivity index (χ3v) is 2.60. The van der Waals surface area contributed by atoms with Gasteiger partial charge in [0, 0.05) is 6.20 Å². The average molecular weight is 250 g/mol. The van der Waals surface area contributed by atoms with E-state index < -0.39 is 5.91 Å². The molecular formula is C11H14N4O3. The van der Waals surface area contributed by atoms with Crippen molar-refractivity contribution in [3.05, 3.63) is 24.0 Å². The number of pyridine rings is 1. The number of nitrogens with one attached hydrogen (secondary N) is 2. The minimum atomic E-state index is -0.557. The summed E-state index contributed by atoms with van der Waals surface area (Å²) in [5, 5.41) is 20.9. The average Bonchev–Trinajstić information content (AvgIpc) is 2.75. The summed E-state index contributed by atoms with van der Waals surface area (Å²) in [5.74, 6) is 0.0350. The van der Waals surface area contributed by atoms with Gasteiger partial charge in [-0.2, -0.15) is 0 Å². The third kappa shape index (κ3) is 2.07. The first kappa shape index (κ1) is 12.2. The van der Waals surface area contributed by atoms with Crippen LogP contribution in [0.3, 0.4) is 0 Å². The molecule has 0 aliphatic carbocycles. The molecule has 0 spiro atoms. The van der Waals surface area contributed by atoms with Crippen molar-refractivity contribution in [1.82, 2.24) is 14.9 Å². The van der Waals surface area contributed by atoms with Gasteiger partial charge >= 0.3 is 0 Å². The second-order valence-electron chi connectivity index (χ2n) is 3.74. The first-order chi connectivity index (χ1) is 8.67. The molecule has 0 atom stereocenters. The van der Waals surface area contributed by atoms with Crippen LogP contribution in [0.1, 0.15) is 12.6 Å². The second kappa shape index (κ2) is 4.92. The van der Waals surface area contributed by atoms with Gasteiger partial charge in [-0.05, 0) is 18.6 Å². The van der Waals surface area contributed by atoms with E-state index in [1.165, 1.54) is 5.48 Å². The van der Waals surface area contributed by atoms with Crippen molar-refractivity contribution in [1.29, 1.82) is 0 Å². The Morgan fingerprint density at radius 1 is 1.56 bits per heavy atom. The fourth-order valence-corrected chi connectivity index (χ4v) is 1.79. The van der Waals surface area contributed by atoms with Gasteiger partial charge in [0.2, 0.25) is 0 Å². The van der Waals surface area contributed by atoms with Gasteiger partial charge in [-0.15, -0.1) is 0 Å². The van der Waals surface area contributed by atoms with Gasteiger partial charge in [0.15, 0.2) is 11.4 Å². The summed E-state index contributed by atoms with van der Waals surface area (Å²) in [7, 11) is 0. The van der Waals surface area contributed by atoms with Gasteiger partial charge in [-0.3, -0.25) is 14.4 Å². The number of nitrogens with zero attached hydrogens (tertiary/aromatic N) is 2. The highest BCUT2D eigenvalue weighted by atomic mass is 16.5. The van der Waals surface area contributed by atoms with E-state index in [1.807, 2.05) is 6.92 Å². The van der Waals surface area contributed by atoms with Gasteiger partial charge in [0.1, 0.15) is 5.82 Å². The van der Waals surface area contributed by atoms with Crippen molar-refractivity contribution in [2.45, 2.75) is 13.3 Å². The van der Waals surface area contributed by atoms with Crippen molar-refractivity contribution >= 4 is 17.4 Å². The van der Waals surface area contributed by atoms with Crippen LogP contribution >= 0.6 is 0 Å². The lowest BCUT2D eigenvalue weighted by Gasteiger charge is -2.04. The molecule has 0 saturated carbocycles. The normalized spacial score (nSPS) is 10.6. The third-order valence-electron chi connectivity index (χ3n) is 2.60. The van der Waals surface area contributed by atoms with Crippen LogP contribution in [-0.4, -0.2) is 32.2 Å². The van der Waals surface area contributed by atoms with Crippen LogP contribution in [0.4, 0.5) is 5.82 Å². The smallest absolute Gasteiger partial charge is 0.262 e. The number of imidazole rings is 1. The van der Waals surface area contributed by atoms with Crippen LogP contribution in [-0.2, 0) is 11.2 Å². The maximum Gasteiger partial charge on any atom is 0.262 e. The molecule has 2 heterocycles. The van der Waals surface area contributed by atoms with E-state index in [1.54, 1.807) is 22.7 Å². The standard InChI is InChI=1S/C11H14N4O3/c1-2-7-10(12-6-9(17)14-18)13-11-8(16)4-3-5-15(7)11/h3-5,12,16,18H,2,6H2,1H3,(H,14,17). The largest absolute Gasteiger partial charge is 0.504 e. The molecule has 96 valence electrons. The van der Waals surface area contributed by atoms with Crippen molar-refractivity contribution in [3.63, 3.8) is 0 Å². The summed E-state index contributed by atoms with van der Waals surface area (Å²) < 4.78 is 1.76. The van der Waals surface area contributed by atoms with Gasteiger partial charge < -0.3 is 10.4 Å². The lowest BCUT2D eigenvalue weighted by Crippen LogP contribution is -2.27. The molecule has 2 aromatic rings. The molecule has 0 radical (unpaired) electrons. The molecule has 4 N–H and O–H groups in total. The number of hydrogen-bond acceptors (Lipinski definition) is 5. The molecule has 7 nitrogen and oxygen atoms in total. The number of hydrogen-bond donors (Lipinski definition) is 4. The van der Waals surface area contributed by atoms with Crippen LogP contribution < -0.4 is 10.8 Å². The van der Waals surface area contributed by atoms with Gasteiger partial charge in [0.05, 0.1) is 12.2 Å². The Balaban J connectivity index is 2.38. The minimum absolute atomic E-state index is 0.0758. The fourth-order valence-electron chi connectivity index (χ4n) is 1.79. The molecule has 7 heteroatoms. The van der Waals surface area contributed by atoms with E-state index in [4.69, 9.17) is 5.21 Å². The summed E-state index contributed by atoms with van der Waals surface area (Å²) in [6, 6.07) is 3.26. The Morgan fingerprint density at radius 2 is 2.33 bits per heavy atom. The first-order valence-electron chi connectivity index (χ1n) is 5.53. The molecule has 18 heavy (non-hydrogen) atoms. The first-order valence-corrected chi connectivity index (χ1v) is 5.53. The van der Waals surface area contributed by atoms with Crippen LogP contribution in [0.5, 0.6) is 5.75 Å². The molecule has 0 saturated heterocycles. The van der Waals surface area contributed by atoms with E-state index >= 15 is 0 Å². The zero-order chi connectivity index (χ0) is 13.1. The van der Waals surface area contributed by atoms with E-state index in [-0.39, 0.29) is 12.3 Å². The molecule has 0 aliphatic heterocycles. The van der Waals surface area contributed by atoms with Gasteiger partial charge in [-0.25, -0.2) is 10.5 Å². The van der Waals surface area contributed by atoms with Crippen molar-refractivity contribution in [2.75, 3.05) is 11.9 Å². The predicted octanol–water partition coefficient (Wildman–Crippen LogP) is 0.520. The Bertz CT molecular complexity index is 579. The predicted molar refractivity (Wildman–Crippen MR) is 64.7 cm³/mol. The Morgan fingerprint density at radius 3 is 3.00 bits per heavy atom. The fraction of sp³-hybridized carbons (Fsp3) is 0.273. The number of hydroxylamine groups is 1. The Labute approximate surface area is 103 Å². The van der Waals surface area contributed by atoms with E-state index in [0.29, 0.717) is 17.9 Å². The van der Waals surface area contributed by atoms with Crippen molar-refractivity contribution < 1.29 is 15.1 Å². The summed E-state index contributed by atoms with van der Waals surface area (Å²) >= 11 is 0. The molecule has 0 aromatic carbocycles. The van der Waals surface area contributed by atoms with Gasteiger partial charge in [0.25, 0.3) is 5.91 Å². The molecular weight excluding hydrogens is 236 g/mol. The highest BCUT2D eigenvalue weighted by Gasteiger charge is 2.13. The number of amides is 1. The second-order valence-corrected chi connectivity index (χ2v) is 3.74. The number of aromatic nitrogens is 2. The van der Waals surface area contributed by atoms with Crippen LogP contribution in [0, 0.1) is 0 Å². The van der Waals surface area contributed by atoms with Crippen LogP contribution in [0.25, 0.3) is 5.65 Å². The molecule has 0 aliphatic rings. The summed E-state index contributed by atoms with van der Waals surface area (Å²) in [6.45, 7) is 1.86. The number of aryl methyl sites for hydroxylation is 1. The highest BCUT2D eigenvalue weighted by Crippen LogP contribution is 2.24. The van der Waals surface area contributed by atoms with E-state index in [0.717, 1.165) is 5.69 Å². The molecule has 2 rings (SSSR count). The monoisotopic (exact) mass is 250 g/mol. The van der Waals surface area contributed by atoms with Crippen molar-refractivity contribution in [3.8, 4) is 5.75 Å². The minimum Gasteiger partial charge on any atom is -0.504 e. The molecule has 1 amide bonds. The SMILES string of the molecule is CCc1c(NCC(=O)NO)nc2c(O)cccn12. The lowest BCUT2D eigenvalue weighted by molar-refractivity contribution is -0.127. The summed E-state index contributed by atoms with van der Waals surface area (Å²) in [4.78, 5) is 15.2. The molecule has 0 fully saturated rings. The van der Waals surface area contributed by atoms with Crippen LogP contribution in [0.2, 0.25) is 0 Å². The maximum absolute atomic E-state index is 11.0. The number of carbonyl (C=O) groups excluding carboxylic acids is 1. The summed E-state index contributed by atoms with van der Waals surface area (Å²) in [6.07, 6.45) is 2.48. The summed E-state index contributed by atoms with van der Waals surface area (Å²) in [5.41, 5.74) is 2.82. The van der Waals surface area contributed by atoms with Gasteiger partial charge in [-0.1, -0.05) is 6.92 Å². The van der Waals surface area contributed by atoms with Crippen molar-refractivity contribution in [2.24, 2.45) is 0 Å². The Kier molecular flexibility index (Phi) is 3.33. The Hall–Kier alpha value is -2.28. The van der Waals surface area contributed by atoms with Crippen LogP contribution in [0.15, 0.2) is 18.3 Å². The topological polar surface area (TPSA) is 98.9 Å². The quantitative estimate of drug-likeness (QED) is 0.468. The van der Waals surface area contributed by atoms with E-state index in [9.17, 15) is 9.90 Å². The number of fused-ring (bicyclic) bond motifs is 1. The number of rotatable bonds is 4. The zero-order valence-corrected chi connectivity index (χ0v) is 9.84. The molecule has 0 bridgehead atoms. The highest BCUT2D eigenvalue weighted by molar-refractivity contribution is 5.79. The number of carbonyl (C=O) groups is 1. The van der Waals surface area contributed by atoms with E-state index in [2.05, 4.69) is 10.3 Å². The maximum atomic E-state index is 11.0. The molecule has 0 unspecified atom stereocenters. The number of anilines is 1. The molecule has 2 aromatic heterocycles.